The van der Waals surface area contributed by atoms with Crippen LogP contribution >= 0.6 is 24.8 Å². The Bertz CT molecular complexity index is 1070. The Kier molecular flexibility index (Phi) is 18.4. The molecule has 0 saturated carbocycles. The number of hydrogen-bond donors (Lipinski definition) is 0. The van der Waals surface area contributed by atoms with E-state index in [9.17, 15) is 13.2 Å². The predicted octanol–water partition coefficient (Wildman–Crippen LogP) is 9.33. The third-order valence-corrected chi connectivity index (χ3v) is 5.44. The number of allylic oxidation sites excluding steroid dienone is 4. The fourth-order valence-corrected chi connectivity index (χ4v) is 3.40. The van der Waals surface area contributed by atoms with Crippen LogP contribution in [-0.2, 0) is 29.5 Å². The molecule has 4 rings (SSSR count). The van der Waals surface area contributed by atoms with Crippen LogP contribution in [0.25, 0.3) is 21.9 Å². The molecule has 0 nitrogen and oxygen atoms in total. The minimum atomic E-state index is -4.29. The molecule has 3 aromatic rings. The monoisotopic (exact) mass is 600 g/mol. The molecule has 1 atom stereocenters. The average Bonchev–Trinajstić information content (AvgIpc) is 3.26. The van der Waals surface area contributed by atoms with Crippen LogP contribution in [0.15, 0.2) is 77.4 Å². The average molecular weight is 603 g/mol. The Balaban J connectivity index is -0.000000555. The molecule has 186 valence electrons. The van der Waals surface area contributed by atoms with Crippen LogP contribution in [0.3, 0.4) is 0 Å². The second-order valence-electron chi connectivity index (χ2n) is 7.21. The summed E-state index contributed by atoms with van der Waals surface area (Å²) in [6.07, 6.45) is -0.926. The number of rotatable bonds is 1. The van der Waals surface area contributed by atoms with Crippen LogP contribution in [0.4, 0.5) is 13.2 Å². The first kappa shape index (κ1) is 37.5. The van der Waals surface area contributed by atoms with Gasteiger partial charge in [0.1, 0.15) is 0 Å². The Morgan fingerprint density at radius 3 is 1.85 bits per heavy atom. The van der Waals surface area contributed by atoms with Gasteiger partial charge in [0.05, 0.1) is 5.56 Å². The number of hydrogen-bond acceptors (Lipinski definition) is 0. The van der Waals surface area contributed by atoms with Gasteiger partial charge in [0.15, 0.2) is 0 Å². The number of alkyl halides is 3. The van der Waals surface area contributed by atoms with E-state index >= 15 is 0 Å². The molecule has 0 saturated heterocycles. The van der Waals surface area contributed by atoms with Crippen LogP contribution in [0.5, 0.6) is 0 Å². The van der Waals surface area contributed by atoms with Crippen molar-refractivity contribution in [3.05, 3.63) is 104 Å². The maximum absolute atomic E-state index is 12.5. The van der Waals surface area contributed by atoms with E-state index in [0.717, 1.165) is 34.0 Å². The summed E-state index contributed by atoms with van der Waals surface area (Å²) in [4.78, 5) is 0. The zero-order valence-electron chi connectivity index (χ0n) is 20.3. The van der Waals surface area contributed by atoms with E-state index in [2.05, 4.69) is 40.7 Å². The van der Waals surface area contributed by atoms with Gasteiger partial charge in [-0.3, -0.25) is 6.08 Å². The molecule has 0 heterocycles. The molecule has 2 radical (unpaired) electrons. The molecule has 0 N–H and O–H groups in total. The van der Waals surface area contributed by atoms with Gasteiger partial charge in [0.2, 0.25) is 0 Å². The molecule has 0 aromatic heterocycles. The molecule has 0 aliphatic heterocycles. The van der Waals surface area contributed by atoms with Crippen molar-refractivity contribution in [3.8, 4) is 11.1 Å². The van der Waals surface area contributed by atoms with Crippen molar-refractivity contribution >= 4 is 42.5 Å². The number of halogens is 5. The van der Waals surface area contributed by atoms with Crippen molar-refractivity contribution in [2.45, 2.75) is 33.9 Å². The van der Waals surface area contributed by atoms with Gasteiger partial charge < -0.3 is 14.9 Å². The molecule has 0 amide bonds. The fraction of sp³-hybridized carbons (Fsp3) is 0.222. The Morgan fingerprint density at radius 1 is 0.912 bits per heavy atom. The van der Waals surface area contributed by atoms with Crippen molar-refractivity contribution in [1.29, 1.82) is 0 Å². The van der Waals surface area contributed by atoms with Gasteiger partial charge >= 0.3 is 36.4 Å². The summed E-state index contributed by atoms with van der Waals surface area (Å²) in [7, 11) is 0. The molecule has 1 aliphatic rings. The Labute approximate surface area is 232 Å². The Morgan fingerprint density at radius 2 is 1.44 bits per heavy atom. The molecular formula is C27H31Cl2F3SiZr-4. The van der Waals surface area contributed by atoms with Gasteiger partial charge in [-0.2, -0.15) is 24.3 Å². The van der Waals surface area contributed by atoms with E-state index < -0.39 is 11.7 Å². The van der Waals surface area contributed by atoms with Crippen molar-refractivity contribution in [2.24, 2.45) is 5.92 Å². The van der Waals surface area contributed by atoms with Crippen LogP contribution in [0.1, 0.15) is 33.3 Å². The van der Waals surface area contributed by atoms with Crippen molar-refractivity contribution in [1.82, 2.24) is 0 Å². The summed E-state index contributed by atoms with van der Waals surface area (Å²) in [6.45, 7) is 11.7. The quantitative estimate of drug-likeness (QED) is 0.192. The minimum absolute atomic E-state index is 0. The van der Waals surface area contributed by atoms with E-state index in [-0.39, 0.29) is 39.7 Å². The second-order valence-corrected chi connectivity index (χ2v) is 7.21. The van der Waals surface area contributed by atoms with Crippen LogP contribution < -0.4 is 0 Å². The number of fused-ring (bicyclic) bond motifs is 1. The first-order chi connectivity index (χ1) is 14.2. The van der Waals surface area contributed by atoms with Crippen LogP contribution in [0, 0.1) is 26.8 Å². The van der Waals surface area contributed by atoms with Gasteiger partial charge in [0.25, 0.3) is 0 Å². The first-order valence-corrected chi connectivity index (χ1v) is 13.7. The van der Waals surface area contributed by atoms with E-state index in [0.29, 0.717) is 5.92 Å². The van der Waals surface area contributed by atoms with Crippen LogP contribution in [0.2, 0.25) is 0 Å². The van der Waals surface area contributed by atoms with Crippen molar-refractivity contribution < 1.29 is 36.5 Å². The normalized spacial score (nSPS) is 13.9. The third kappa shape index (κ3) is 9.22. The second kappa shape index (κ2) is 16.6. The SMILES string of the molecule is CC1=[C-]C(C)C(C)=C1C.Cl.Cl.FC(F)(F)c1ccc(-c2c[cH-]c3ccccc23)cc1.[CH3-].[CH3-].[Si]=[Zr]. The summed E-state index contributed by atoms with van der Waals surface area (Å²) >= 11 is 1.36. The molecule has 0 spiro atoms. The first-order valence-electron chi connectivity index (χ1n) is 9.53. The molecule has 7 heteroatoms. The van der Waals surface area contributed by atoms with Crippen molar-refractivity contribution in [2.75, 3.05) is 0 Å². The van der Waals surface area contributed by atoms with Gasteiger partial charge in [-0.1, -0.05) is 62.6 Å². The predicted molar refractivity (Wildman–Crippen MR) is 143 cm³/mol. The topological polar surface area (TPSA) is 0 Å². The van der Waals surface area contributed by atoms with Gasteiger partial charge in [-0.25, -0.2) is 5.57 Å². The van der Waals surface area contributed by atoms with Crippen molar-refractivity contribution in [3.63, 3.8) is 0 Å². The molecule has 3 aromatic carbocycles. The van der Waals surface area contributed by atoms with E-state index in [1.165, 1.54) is 52.2 Å². The van der Waals surface area contributed by atoms with E-state index in [4.69, 9.17) is 0 Å². The van der Waals surface area contributed by atoms with Gasteiger partial charge in [-0.15, -0.1) is 78.4 Å². The number of benzene rings is 2. The zero-order chi connectivity index (χ0) is 22.5. The standard InChI is InChI=1S/C16H10F3.C9H13.2CH3.2ClH.Si.Zr/c17-16(18,19)13-8-5-12(6-9-13)15-10-7-11-3-1-2-4-14(11)15;1-6-5-7(2)9(4)8(6)3;;;;;;/h1-10H;6H,1-4H3;2*1H3;2*1H;;/q4*-1;;;;. The Hall–Kier alpha value is -1.000. The summed E-state index contributed by atoms with van der Waals surface area (Å²) in [5.74, 6) is 0.560. The molecule has 1 aliphatic carbocycles. The van der Waals surface area contributed by atoms with Gasteiger partial charge in [-0.05, 0) is 0 Å². The molecule has 34 heavy (non-hydrogen) atoms. The zero-order valence-corrected chi connectivity index (χ0v) is 25.4. The maximum atomic E-state index is 12.5. The summed E-state index contributed by atoms with van der Waals surface area (Å²) in [5, 5.41) is 2.15. The third-order valence-electron chi connectivity index (χ3n) is 5.44. The summed E-state index contributed by atoms with van der Waals surface area (Å²) in [6, 6.07) is 17.0. The summed E-state index contributed by atoms with van der Waals surface area (Å²) in [5.41, 5.74) is 5.39. The molecule has 0 bridgehead atoms. The fourth-order valence-electron chi connectivity index (χ4n) is 3.40. The van der Waals surface area contributed by atoms with E-state index in [1.807, 2.05) is 36.4 Å². The van der Waals surface area contributed by atoms with Gasteiger partial charge in [0, 0.05) is 0 Å². The molecular weight excluding hydrogens is 572 g/mol. The van der Waals surface area contributed by atoms with E-state index in [1.54, 1.807) is 0 Å². The molecule has 0 fully saturated rings. The van der Waals surface area contributed by atoms with Crippen LogP contribution in [-0.4, -0.2) is 6.88 Å². The molecule has 1 unspecified atom stereocenters. The summed E-state index contributed by atoms with van der Waals surface area (Å²) < 4.78 is 37.5.